The van der Waals surface area contributed by atoms with Crippen LogP contribution in [0, 0.1) is 0 Å². The summed E-state index contributed by atoms with van der Waals surface area (Å²) in [6.45, 7) is 2.11. The highest BCUT2D eigenvalue weighted by molar-refractivity contribution is 7.84. The molecular weight excluding hydrogens is 523 g/mol. The van der Waals surface area contributed by atoms with E-state index < -0.39 is 35.7 Å². The fraction of sp³-hybridized carbons (Fsp3) is 0.310. The summed E-state index contributed by atoms with van der Waals surface area (Å²) >= 11 is 0. The van der Waals surface area contributed by atoms with Gasteiger partial charge in [-0.3, -0.25) is 4.21 Å². The highest BCUT2D eigenvalue weighted by Gasteiger charge is 2.56. The first-order valence-electron chi connectivity index (χ1n) is 12.1. The lowest BCUT2D eigenvalue weighted by molar-refractivity contribution is -0.284. The summed E-state index contributed by atoms with van der Waals surface area (Å²) < 4.78 is 80.3. The molecule has 0 amide bonds. The molecule has 1 unspecified atom stereocenters. The van der Waals surface area contributed by atoms with Gasteiger partial charge in [0.1, 0.15) is 11.5 Å². The Bertz CT molecular complexity index is 1220. The summed E-state index contributed by atoms with van der Waals surface area (Å²) in [5.74, 6) is -4.33. The van der Waals surface area contributed by atoms with E-state index in [0.29, 0.717) is 5.75 Å². The number of alkyl halides is 5. The molecular formula is C29H29F5O3S. The maximum atomic E-state index is 13.0. The molecule has 1 N–H and O–H groups in total. The van der Waals surface area contributed by atoms with Crippen LogP contribution in [0.25, 0.3) is 11.1 Å². The Labute approximate surface area is 221 Å². The monoisotopic (exact) mass is 552 g/mol. The van der Waals surface area contributed by atoms with Crippen LogP contribution in [0.5, 0.6) is 11.5 Å². The lowest BCUT2D eigenvalue weighted by Gasteiger charge is -2.19. The van der Waals surface area contributed by atoms with Gasteiger partial charge in [-0.05, 0) is 64.9 Å². The average Bonchev–Trinajstić information content (AvgIpc) is 2.88. The minimum Gasteiger partial charge on any atom is -0.508 e. The van der Waals surface area contributed by atoms with Crippen molar-refractivity contribution in [2.45, 2.75) is 38.3 Å². The fourth-order valence-electron chi connectivity index (χ4n) is 3.98. The van der Waals surface area contributed by atoms with Crippen LogP contribution in [0.15, 0.2) is 78.9 Å². The lowest BCUT2D eigenvalue weighted by atomic mass is 9.88. The van der Waals surface area contributed by atoms with E-state index in [1.165, 1.54) is 0 Å². The third kappa shape index (κ3) is 7.90. The topological polar surface area (TPSA) is 46.5 Å². The molecule has 0 saturated heterocycles. The van der Waals surface area contributed by atoms with Crippen LogP contribution >= 0.6 is 0 Å². The molecule has 9 heteroatoms. The minimum absolute atomic E-state index is 0.0198. The molecule has 1 atom stereocenters. The third-order valence-corrected chi connectivity index (χ3v) is 7.30. The predicted molar refractivity (Wildman–Crippen MR) is 141 cm³/mol. The standard InChI is InChI=1S/C29H29F5O3S/c1-2-26(21-7-4-3-5-8-21)27(22-9-13-24(35)14-10-22)23-11-15-25(16-12-23)37-18-20-38(36)19-6-17-28(30,31)29(32,33)34/h3-5,7-16,35H,2,6,17-20H2,1H3/b27-26+. The van der Waals surface area contributed by atoms with Crippen LogP contribution in [0.1, 0.15) is 42.9 Å². The number of aromatic hydroxyl groups is 1. The molecule has 0 aromatic heterocycles. The van der Waals surface area contributed by atoms with Crippen LogP contribution in [0.2, 0.25) is 0 Å². The lowest BCUT2D eigenvalue weighted by Crippen LogP contribution is -2.36. The summed E-state index contributed by atoms with van der Waals surface area (Å²) in [5, 5.41) is 9.76. The van der Waals surface area contributed by atoms with Gasteiger partial charge in [0.25, 0.3) is 0 Å². The first-order valence-corrected chi connectivity index (χ1v) is 13.6. The number of hydrogen-bond acceptors (Lipinski definition) is 3. The molecule has 0 radical (unpaired) electrons. The van der Waals surface area contributed by atoms with Gasteiger partial charge in [-0.2, -0.15) is 22.0 Å². The molecule has 0 saturated carbocycles. The Morgan fingerprint density at radius 3 is 1.95 bits per heavy atom. The van der Waals surface area contributed by atoms with E-state index in [4.69, 9.17) is 4.74 Å². The van der Waals surface area contributed by atoms with Crippen molar-refractivity contribution in [3.8, 4) is 11.5 Å². The molecule has 0 aliphatic rings. The van der Waals surface area contributed by atoms with Crippen molar-refractivity contribution in [1.29, 1.82) is 0 Å². The number of phenolic OH excluding ortho intramolecular Hbond substituents is 1. The molecule has 204 valence electrons. The van der Waals surface area contributed by atoms with Gasteiger partial charge in [0.05, 0.1) is 12.4 Å². The molecule has 0 bridgehead atoms. The molecule has 0 aliphatic heterocycles. The van der Waals surface area contributed by atoms with Crippen molar-refractivity contribution in [3.63, 3.8) is 0 Å². The van der Waals surface area contributed by atoms with Gasteiger partial charge in [0, 0.05) is 23.0 Å². The van der Waals surface area contributed by atoms with Gasteiger partial charge >= 0.3 is 12.1 Å². The Balaban J connectivity index is 1.67. The SMILES string of the molecule is CC/C(=C(/c1ccc(O)cc1)c1ccc(OCCS(=O)CCCC(F)(F)C(F)(F)F)cc1)c1ccccc1. The van der Waals surface area contributed by atoms with Crippen LogP contribution in [-0.4, -0.2) is 39.5 Å². The highest BCUT2D eigenvalue weighted by atomic mass is 32.2. The normalized spacial score (nSPS) is 13.6. The third-order valence-electron chi connectivity index (χ3n) is 5.93. The van der Waals surface area contributed by atoms with Gasteiger partial charge in [0.15, 0.2) is 0 Å². The van der Waals surface area contributed by atoms with E-state index in [0.717, 1.165) is 34.3 Å². The number of phenols is 1. The van der Waals surface area contributed by atoms with E-state index in [-0.39, 0.29) is 23.9 Å². The molecule has 0 fully saturated rings. The summed E-state index contributed by atoms with van der Waals surface area (Å²) in [7, 11) is -1.58. The predicted octanol–water partition coefficient (Wildman–Crippen LogP) is 7.87. The van der Waals surface area contributed by atoms with Gasteiger partial charge in [-0.15, -0.1) is 0 Å². The zero-order valence-corrected chi connectivity index (χ0v) is 21.6. The van der Waals surface area contributed by atoms with E-state index in [1.807, 2.05) is 54.6 Å². The van der Waals surface area contributed by atoms with Crippen molar-refractivity contribution in [3.05, 3.63) is 95.6 Å². The Kier molecular flexibility index (Phi) is 10.1. The van der Waals surface area contributed by atoms with Crippen molar-refractivity contribution >= 4 is 21.9 Å². The quantitative estimate of drug-likeness (QED) is 0.184. The summed E-state index contributed by atoms with van der Waals surface area (Å²) in [6, 6.07) is 24.3. The fourth-order valence-corrected chi connectivity index (χ4v) is 4.92. The van der Waals surface area contributed by atoms with E-state index in [9.17, 15) is 31.3 Å². The van der Waals surface area contributed by atoms with E-state index >= 15 is 0 Å². The van der Waals surface area contributed by atoms with Crippen LogP contribution in [0.3, 0.4) is 0 Å². The molecule has 0 heterocycles. The maximum Gasteiger partial charge on any atom is 0.453 e. The zero-order chi connectivity index (χ0) is 27.8. The number of hydrogen-bond donors (Lipinski definition) is 1. The zero-order valence-electron chi connectivity index (χ0n) is 20.8. The Hall–Kier alpha value is -3.20. The maximum absolute atomic E-state index is 13.0. The van der Waals surface area contributed by atoms with Crippen molar-refractivity contribution in [1.82, 2.24) is 0 Å². The van der Waals surface area contributed by atoms with Crippen molar-refractivity contribution in [2.75, 3.05) is 18.1 Å². The second-order valence-corrected chi connectivity index (χ2v) is 10.3. The van der Waals surface area contributed by atoms with E-state index in [2.05, 4.69) is 6.92 Å². The number of ether oxygens (including phenoxy) is 1. The van der Waals surface area contributed by atoms with Crippen molar-refractivity contribution < 1.29 is 36.0 Å². The van der Waals surface area contributed by atoms with Gasteiger partial charge in [0.2, 0.25) is 0 Å². The highest BCUT2D eigenvalue weighted by Crippen LogP contribution is 2.39. The van der Waals surface area contributed by atoms with Crippen LogP contribution in [0.4, 0.5) is 22.0 Å². The largest absolute Gasteiger partial charge is 0.508 e. The smallest absolute Gasteiger partial charge is 0.453 e. The summed E-state index contributed by atoms with van der Waals surface area (Å²) in [4.78, 5) is 0. The molecule has 3 rings (SSSR count). The second kappa shape index (κ2) is 13.0. The number of benzene rings is 3. The molecule has 3 aromatic carbocycles. The minimum atomic E-state index is -5.60. The average molecular weight is 553 g/mol. The molecule has 0 spiro atoms. The number of allylic oxidation sites excluding steroid dienone is 1. The van der Waals surface area contributed by atoms with Gasteiger partial charge in [-0.1, -0.05) is 61.5 Å². The van der Waals surface area contributed by atoms with Gasteiger partial charge in [-0.25, -0.2) is 0 Å². The van der Waals surface area contributed by atoms with Crippen molar-refractivity contribution in [2.24, 2.45) is 0 Å². The number of rotatable bonds is 12. The van der Waals surface area contributed by atoms with Crippen LogP contribution in [-0.2, 0) is 10.8 Å². The Morgan fingerprint density at radius 2 is 1.39 bits per heavy atom. The summed E-state index contributed by atoms with van der Waals surface area (Å²) in [6.07, 6.45) is -6.72. The van der Waals surface area contributed by atoms with Gasteiger partial charge < -0.3 is 9.84 Å². The van der Waals surface area contributed by atoms with E-state index in [1.54, 1.807) is 24.3 Å². The molecule has 3 nitrogen and oxygen atoms in total. The molecule has 3 aromatic rings. The number of halogens is 5. The Morgan fingerprint density at radius 1 is 0.816 bits per heavy atom. The first-order chi connectivity index (χ1) is 18.0. The molecule has 38 heavy (non-hydrogen) atoms. The molecule has 0 aliphatic carbocycles. The second-order valence-electron chi connectivity index (χ2n) is 8.65. The summed E-state index contributed by atoms with van der Waals surface area (Å²) in [5.41, 5.74) is 5.06. The van der Waals surface area contributed by atoms with Crippen LogP contribution < -0.4 is 4.74 Å². The first kappa shape index (κ1) is 29.4.